The lowest BCUT2D eigenvalue weighted by molar-refractivity contribution is 0.0331. The molecule has 2 fully saturated rings. The quantitative estimate of drug-likeness (QED) is 0.839. The number of aliphatic hydroxyl groups excluding tert-OH is 1. The molecule has 2 N–H and O–H groups in total. The van der Waals surface area contributed by atoms with Gasteiger partial charge in [0.05, 0.1) is 31.2 Å². The van der Waals surface area contributed by atoms with E-state index in [4.69, 9.17) is 14.7 Å². The van der Waals surface area contributed by atoms with Gasteiger partial charge in [0.2, 0.25) is 0 Å². The maximum atomic E-state index is 9.82. The Balaban J connectivity index is 1.46. The van der Waals surface area contributed by atoms with Crippen molar-refractivity contribution in [1.29, 1.82) is 0 Å². The summed E-state index contributed by atoms with van der Waals surface area (Å²) in [5.74, 6) is 1.95. The van der Waals surface area contributed by atoms with Crippen LogP contribution in [-0.2, 0) is 24.1 Å². The summed E-state index contributed by atoms with van der Waals surface area (Å²) in [7, 11) is 0. The molecule has 0 amide bonds. The van der Waals surface area contributed by atoms with Crippen molar-refractivity contribution in [1.82, 2.24) is 14.9 Å². The van der Waals surface area contributed by atoms with Gasteiger partial charge in [0, 0.05) is 24.0 Å². The van der Waals surface area contributed by atoms with Crippen molar-refractivity contribution in [2.45, 2.75) is 63.6 Å². The minimum atomic E-state index is -0.129. The van der Waals surface area contributed by atoms with Gasteiger partial charge >= 0.3 is 0 Å². The van der Waals surface area contributed by atoms with Crippen molar-refractivity contribution in [3.05, 3.63) is 16.3 Å². The molecule has 0 radical (unpaired) electrons. The highest BCUT2D eigenvalue weighted by Crippen LogP contribution is 2.40. The zero-order valence-electron chi connectivity index (χ0n) is 15.7. The minimum absolute atomic E-state index is 0.129. The summed E-state index contributed by atoms with van der Waals surface area (Å²) in [5.41, 5.74) is 1.48. The predicted octanol–water partition coefficient (Wildman–Crippen LogP) is 2.73. The Morgan fingerprint density at radius 1 is 1.11 bits per heavy atom. The predicted molar refractivity (Wildman–Crippen MR) is 107 cm³/mol. The van der Waals surface area contributed by atoms with E-state index in [2.05, 4.69) is 10.2 Å². The highest BCUT2D eigenvalue weighted by molar-refractivity contribution is 7.19. The molecule has 5 rings (SSSR count). The Labute approximate surface area is 164 Å². The van der Waals surface area contributed by atoms with E-state index in [1.165, 1.54) is 28.7 Å². The van der Waals surface area contributed by atoms with Crippen LogP contribution in [0.15, 0.2) is 0 Å². The van der Waals surface area contributed by atoms with Crippen molar-refractivity contribution in [2.24, 2.45) is 0 Å². The van der Waals surface area contributed by atoms with Gasteiger partial charge in [0.15, 0.2) is 0 Å². The third kappa shape index (κ3) is 3.70. The fourth-order valence-electron chi connectivity index (χ4n) is 4.59. The first-order valence-corrected chi connectivity index (χ1v) is 11.1. The van der Waals surface area contributed by atoms with Crippen molar-refractivity contribution in [2.75, 3.05) is 31.6 Å². The molecule has 1 saturated carbocycles. The molecular formula is C20H28N4O2S. The number of morpholine rings is 1. The molecule has 6 nitrogen and oxygen atoms in total. The first-order chi connectivity index (χ1) is 13.3. The number of hydrogen-bond donors (Lipinski definition) is 2. The van der Waals surface area contributed by atoms with Gasteiger partial charge in [-0.15, -0.1) is 11.3 Å². The fourth-order valence-corrected chi connectivity index (χ4v) is 5.87. The van der Waals surface area contributed by atoms with Crippen molar-refractivity contribution in [3.8, 4) is 0 Å². The summed E-state index contributed by atoms with van der Waals surface area (Å²) >= 11 is 1.86. The van der Waals surface area contributed by atoms with Crippen LogP contribution in [0.4, 0.5) is 5.82 Å². The summed E-state index contributed by atoms with van der Waals surface area (Å²) in [6.07, 6.45) is 7.25. The fraction of sp³-hybridized carbons (Fsp3) is 0.700. The number of nitrogens with zero attached hydrogens (tertiary/aromatic N) is 3. The summed E-state index contributed by atoms with van der Waals surface area (Å²) in [4.78, 5) is 15.0. The molecule has 0 bridgehead atoms. The van der Waals surface area contributed by atoms with E-state index < -0.39 is 0 Å². The van der Waals surface area contributed by atoms with Crippen LogP contribution in [0, 0.1) is 0 Å². The second-order valence-corrected chi connectivity index (χ2v) is 9.15. The number of rotatable bonds is 4. The molecule has 3 aliphatic rings. The molecule has 1 saturated heterocycles. The Hall–Kier alpha value is -1.28. The standard InChI is InChI=1S/C20H28N4O2S/c25-14-6-4-13(5-7-14)21-19-18-15-2-1-3-16(15)27-20(18)23-17(22-19)12-24-8-10-26-11-9-24/h13-14,25H,1-12H2,(H,21,22,23). The highest BCUT2D eigenvalue weighted by Gasteiger charge is 2.26. The Morgan fingerprint density at radius 2 is 1.93 bits per heavy atom. The van der Waals surface area contributed by atoms with E-state index in [1.54, 1.807) is 0 Å². The van der Waals surface area contributed by atoms with Crippen LogP contribution in [0.1, 0.15) is 48.4 Å². The summed E-state index contributed by atoms with van der Waals surface area (Å²) in [6, 6.07) is 0.402. The third-order valence-electron chi connectivity index (χ3n) is 6.12. The maximum Gasteiger partial charge on any atom is 0.146 e. The molecule has 146 valence electrons. The van der Waals surface area contributed by atoms with Gasteiger partial charge in [0.25, 0.3) is 0 Å². The van der Waals surface area contributed by atoms with Gasteiger partial charge in [-0.25, -0.2) is 9.97 Å². The van der Waals surface area contributed by atoms with E-state index in [0.29, 0.717) is 6.04 Å². The smallest absolute Gasteiger partial charge is 0.146 e. The molecule has 0 spiro atoms. The van der Waals surface area contributed by atoms with Gasteiger partial charge in [-0.05, 0) is 50.5 Å². The van der Waals surface area contributed by atoms with Crippen molar-refractivity contribution < 1.29 is 9.84 Å². The molecule has 3 heterocycles. The normalized spacial score (nSPS) is 26.4. The van der Waals surface area contributed by atoms with Gasteiger partial charge < -0.3 is 15.2 Å². The lowest BCUT2D eigenvalue weighted by atomic mass is 9.93. The molecule has 0 aromatic carbocycles. The van der Waals surface area contributed by atoms with Gasteiger partial charge in [0.1, 0.15) is 16.5 Å². The Kier molecular flexibility index (Phi) is 5.02. The van der Waals surface area contributed by atoms with Crippen LogP contribution < -0.4 is 5.32 Å². The number of nitrogens with one attached hydrogen (secondary N) is 1. The molecule has 0 atom stereocenters. The summed E-state index contributed by atoms with van der Waals surface area (Å²) in [6.45, 7) is 4.28. The zero-order valence-corrected chi connectivity index (χ0v) is 16.6. The first kappa shape index (κ1) is 17.8. The first-order valence-electron chi connectivity index (χ1n) is 10.3. The Bertz CT molecular complexity index is 810. The molecule has 0 unspecified atom stereocenters. The average Bonchev–Trinajstić information content (AvgIpc) is 3.25. The van der Waals surface area contributed by atoms with Gasteiger partial charge in [-0.2, -0.15) is 0 Å². The van der Waals surface area contributed by atoms with Gasteiger partial charge in [-0.1, -0.05) is 0 Å². The minimum Gasteiger partial charge on any atom is -0.393 e. The van der Waals surface area contributed by atoms with Crippen LogP contribution >= 0.6 is 11.3 Å². The molecular weight excluding hydrogens is 360 g/mol. The third-order valence-corrected chi connectivity index (χ3v) is 7.30. The molecule has 7 heteroatoms. The number of anilines is 1. The van der Waals surface area contributed by atoms with Crippen LogP contribution in [0.25, 0.3) is 10.2 Å². The maximum absolute atomic E-state index is 9.82. The Morgan fingerprint density at radius 3 is 2.74 bits per heavy atom. The van der Waals surface area contributed by atoms with E-state index in [9.17, 15) is 5.11 Å². The molecule has 2 aliphatic carbocycles. The number of fused-ring (bicyclic) bond motifs is 3. The van der Waals surface area contributed by atoms with E-state index >= 15 is 0 Å². The number of aliphatic hydroxyl groups is 1. The van der Waals surface area contributed by atoms with Crippen molar-refractivity contribution in [3.63, 3.8) is 0 Å². The van der Waals surface area contributed by atoms with Crippen molar-refractivity contribution >= 4 is 27.4 Å². The number of thiophene rings is 1. The SMILES string of the molecule is OC1CCC(Nc2nc(CN3CCOCC3)nc3sc4c(c23)CCC4)CC1. The largest absolute Gasteiger partial charge is 0.393 e. The zero-order chi connectivity index (χ0) is 18.2. The lowest BCUT2D eigenvalue weighted by Gasteiger charge is -2.28. The molecule has 27 heavy (non-hydrogen) atoms. The topological polar surface area (TPSA) is 70.5 Å². The van der Waals surface area contributed by atoms with Gasteiger partial charge in [-0.3, -0.25) is 4.90 Å². The van der Waals surface area contributed by atoms with E-state index in [0.717, 1.165) is 81.4 Å². The van der Waals surface area contributed by atoms with E-state index in [-0.39, 0.29) is 6.10 Å². The number of ether oxygens (including phenoxy) is 1. The second-order valence-electron chi connectivity index (χ2n) is 8.06. The number of aromatic nitrogens is 2. The van der Waals surface area contributed by atoms with Crippen LogP contribution in [0.5, 0.6) is 0 Å². The highest BCUT2D eigenvalue weighted by atomic mass is 32.1. The summed E-state index contributed by atoms with van der Waals surface area (Å²) in [5, 5.41) is 14.8. The second kappa shape index (κ2) is 7.62. The van der Waals surface area contributed by atoms with E-state index in [1.807, 2.05) is 11.3 Å². The summed E-state index contributed by atoms with van der Waals surface area (Å²) < 4.78 is 5.47. The monoisotopic (exact) mass is 388 g/mol. The average molecular weight is 389 g/mol. The molecule has 2 aromatic heterocycles. The number of hydrogen-bond acceptors (Lipinski definition) is 7. The molecule has 1 aliphatic heterocycles. The van der Waals surface area contributed by atoms with Crippen LogP contribution in [-0.4, -0.2) is 58.4 Å². The van der Waals surface area contributed by atoms with Crippen LogP contribution in [0.3, 0.4) is 0 Å². The number of aryl methyl sites for hydroxylation is 2. The van der Waals surface area contributed by atoms with Crippen LogP contribution in [0.2, 0.25) is 0 Å². The lowest BCUT2D eigenvalue weighted by Crippen LogP contribution is -2.36. The molecule has 2 aromatic rings.